The molecule has 0 bridgehead atoms. The number of carbonyl (C=O) groups is 2. The summed E-state index contributed by atoms with van der Waals surface area (Å²) in [5, 5.41) is 8.84. The molecule has 2 heterocycles. The van der Waals surface area contributed by atoms with Crippen molar-refractivity contribution in [2.45, 2.75) is 25.1 Å². The Morgan fingerprint density at radius 3 is 2.50 bits per heavy atom. The number of rotatable bonds is 10. The molecule has 38 heavy (non-hydrogen) atoms. The third-order valence-corrected chi connectivity index (χ3v) is 8.51. The lowest BCUT2D eigenvalue weighted by atomic mass is 10.0. The van der Waals surface area contributed by atoms with Crippen LogP contribution in [-0.4, -0.2) is 84.2 Å². The van der Waals surface area contributed by atoms with Gasteiger partial charge in [-0.15, -0.1) is 0 Å². The Labute approximate surface area is 232 Å². The average molecular weight is 559 g/mol. The Morgan fingerprint density at radius 1 is 1.08 bits per heavy atom. The van der Waals surface area contributed by atoms with E-state index in [0.29, 0.717) is 30.3 Å². The Balaban J connectivity index is 1.37. The van der Waals surface area contributed by atoms with Crippen LogP contribution in [0, 0.1) is 0 Å². The summed E-state index contributed by atoms with van der Waals surface area (Å²) in [6.07, 6.45) is 0.298. The summed E-state index contributed by atoms with van der Waals surface area (Å²) >= 11 is 3.23. The largest absolute Gasteiger partial charge is 0.493 e. The maximum absolute atomic E-state index is 12.9. The first-order chi connectivity index (χ1) is 18.5. The van der Waals surface area contributed by atoms with Crippen molar-refractivity contribution in [1.82, 2.24) is 9.91 Å². The predicted molar refractivity (Wildman–Crippen MR) is 154 cm³/mol. The number of hydrazone groups is 1. The number of anilines is 1. The van der Waals surface area contributed by atoms with Crippen LogP contribution in [0.25, 0.3) is 0 Å². The fourth-order valence-corrected chi connectivity index (χ4v) is 6.11. The lowest BCUT2D eigenvalue weighted by Gasteiger charge is -2.28. The second-order valence-corrected chi connectivity index (χ2v) is 11.2. The zero-order chi connectivity index (χ0) is 26.9. The van der Waals surface area contributed by atoms with Gasteiger partial charge in [-0.2, -0.15) is 16.9 Å². The van der Waals surface area contributed by atoms with E-state index >= 15 is 0 Å². The van der Waals surface area contributed by atoms with Crippen LogP contribution < -0.4 is 14.8 Å². The van der Waals surface area contributed by atoms with Gasteiger partial charge in [0.2, 0.25) is 0 Å². The molecule has 1 saturated heterocycles. The molecule has 4 rings (SSSR count). The van der Waals surface area contributed by atoms with Crippen molar-refractivity contribution >= 4 is 46.3 Å². The van der Waals surface area contributed by atoms with Crippen LogP contribution in [0.1, 0.15) is 24.5 Å². The first-order valence-corrected chi connectivity index (χ1v) is 14.7. The molecule has 0 spiro atoms. The molecule has 1 atom stereocenters. The van der Waals surface area contributed by atoms with E-state index in [-0.39, 0.29) is 10.5 Å². The van der Waals surface area contributed by atoms with Gasteiger partial charge in [-0.3, -0.25) is 15.0 Å². The molecule has 11 heteroatoms. The van der Waals surface area contributed by atoms with E-state index in [0.717, 1.165) is 54.4 Å². The zero-order valence-corrected chi connectivity index (χ0v) is 23.6. The van der Waals surface area contributed by atoms with Crippen LogP contribution >= 0.6 is 23.5 Å². The van der Waals surface area contributed by atoms with Crippen LogP contribution in [0.5, 0.6) is 11.5 Å². The number of nitrogens with zero attached hydrogens (tertiary/aromatic N) is 3. The topological polar surface area (TPSA) is 92.7 Å². The van der Waals surface area contributed by atoms with Gasteiger partial charge in [-0.25, -0.2) is 9.80 Å². The quantitative estimate of drug-likeness (QED) is 0.428. The van der Waals surface area contributed by atoms with Gasteiger partial charge in [0.15, 0.2) is 11.5 Å². The first-order valence-electron chi connectivity index (χ1n) is 12.6. The smallest absolute Gasteiger partial charge is 0.411 e. The van der Waals surface area contributed by atoms with Crippen LogP contribution in [-0.2, 0) is 11.3 Å². The van der Waals surface area contributed by atoms with Gasteiger partial charge in [-0.05, 0) is 42.3 Å². The predicted octanol–water partition coefficient (Wildman–Crippen LogP) is 5.15. The van der Waals surface area contributed by atoms with Crippen molar-refractivity contribution in [3.8, 4) is 11.5 Å². The Kier molecular flexibility index (Phi) is 10.2. The molecule has 2 aliphatic heterocycles. The second kappa shape index (κ2) is 13.8. The average Bonchev–Trinajstić information content (AvgIpc) is 2.95. The van der Waals surface area contributed by atoms with E-state index in [1.165, 1.54) is 16.8 Å². The number of carbonyl (C=O) groups excluding carboxylic acids is 2. The van der Waals surface area contributed by atoms with Crippen molar-refractivity contribution < 1.29 is 23.8 Å². The number of hydrogen-bond donors (Lipinski definition) is 1. The Hall–Kier alpha value is -2.89. The highest BCUT2D eigenvalue weighted by molar-refractivity contribution is 8.14. The fraction of sp³-hybridized carbons (Fsp3) is 0.444. The molecule has 2 aromatic carbocycles. The summed E-state index contributed by atoms with van der Waals surface area (Å²) in [5.41, 5.74) is 3.23. The lowest BCUT2D eigenvalue weighted by molar-refractivity contribution is 0.142. The molecule has 0 aliphatic carbocycles. The lowest BCUT2D eigenvalue weighted by Crippen LogP contribution is -2.35. The monoisotopic (exact) mass is 558 g/mol. The molecule has 1 N–H and O–H groups in total. The van der Waals surface area contributed by atoms with Crippen molar-refractivity contribution in [2.75, 3.05) is 57.3 Å². The molecule has 0 radical (unpaired) electrons. The first kappa shape index (κ1) is 28.1. The number of hydrogen-bond acceptors (Lipinski definition) is 9. The highest BCUT2D eigenvalue weighted by Gasteiger charge is 2.30. The van der Waals surface area contributed by atoms with Crippen LogP contribution in [0.4, 0.5) is 15.3 Å². The van der Waals surface area contributed by atoms with Gasteiger partial charge < -0.3 is 14.2 Å². The van der Waals surface area contributed by atoms with Gasteiger partial charge in [-0.1, -0.05) is 30.8 Å². The van der Waals surface area contributed by atoms with Gasteiger partial charge in [0, 0.05) is 42.4 Å². The summed E-state index contributed by atoms with van der Waals surface area (Å²) in [6.45, 7) is 5.54. The molecular formula is C27H34N4O5S2. The van der Waals surface area contributed by atoms with Crippen molar-refractivity contribution in [3.05, 3.63) is 53.6 Å². The van der Waals surface area contributed by atoms with E-state index in [1.807, 2.05) is 49.0 Å². The standard InChI is InChI=1S/C27H34N4O5S2/c1-4-24-25(20-7-10-22(34-2)23(17-20)35-3)29-31(27(33)38-24)18-19-5-8-21(9-6-19)28-26(32)36-14-11-30-12-15-37-16-13-30/h5-10,17,24H,4,11-16,18H2,1-3H3,(H,28,32). The summed E-state index contributed by atoms with van der Waals surface area (Å²) in [7, 11) is 3.19. The van der Waals surface area contributed by atoms with E-state index in [2.05, 4.69) is 10.2 Å². The van der Waals surface area contributed by atoms with E-state index in [9.17, 15) is 9.59 Å². The third kappa shape index (κ3) is 7.36. The van der Waals surface area contributed by atoms with Gasteiger partial charge in [0.25, 0.3) is 0 Å². The van der Waals surface area contributed by atoms with Crippen molar-refractivity contribution in [3.63, 3.8) is 0 Å². The molecule has 2 aliphatic rings. The summed E-state index contributed by atoms with van der Waals surface area (Å²) in [6, 6.07) is 13.0. The number of nitrogens with one attached hydrogen (secondary N) is 1. The molecule has 2 amide bonds. The van der Waals surface area contributed by atoms with Crippen molar-refractivity contribution in [2.24, 2.45) is 5.10 Å². The minimum absolute atomic E-state index is 0.0526. The molecule has 1 fully saturated rings. The molecule has 2 aromatic rings. The highest BCUT2D eigenvalue weighted by Crippen LogP contribution is 2.33. The SMILES string of the molecule is CCC1SC(=O)N(Cc2ccc(NC(=O)OCCN3CCSCC3)cc2)N=C1c1ccc(OC)c(OC)c1. The summed E-state index contributed by atoms with van der Waals surface area (Å²) in [5.74, 6) is 3.51. The number of ether oxygens (including phenoxy) is 3. The normalized spacial score (nSPS) is 18.1. The van der Waals surface area contributed by atoms with Crippen LogP contribution in [0.15, 0.2) is 47.6 Å². The summed E-state index contributed by atoms with van der Waals surface area (Å²) < 4.78 is 16.1. The highest BCUT2D eigenvalue weighted by atomic mass is 32.2. The Bertz CT molecular complexity index is 1140. The van der Waals surface area contributed by atoms with Crippen molar-refractivity contribution in [1.29, 1.82) is 0 Å². The maximum atomic E-state index is 12.9. The number of thioether (sulfide) groups is 2. The zero-order valence-electron chi connectivity index (χ0n) is 22.0. The molecule has 1 unspecified atom stereocenters. The molecule has 9 nitrogen and oxygen atoms in total. The number of benzene rings is 2. The molecule has 204 valence electrons. The minimum atomic E-state index is -0.471. The van der Waals surface area contributed by atoms with Gasteiger partial charge >= 0.3 is 11.3 Å². The molecule has 0 aromatic heterocycles. The molecule has 0 saturated carbocycles. The van der Waals surface area contributed by atoms with E-state index in [1.54, 1.807) is 26.4 Å². The second-order valence-electron chi connectivity index (χ2n) is 8.81. The number of methoxy groups -OCH3 is 2. The maximum Gasteiger partial charge on any atom is 0.411 e. The summed E-state index contributed by atoms with van der Waals surface area (Å²) in [4.78, 5) is 27.3. The van der Waals surface area contributed by atoms with E-state index in [4.69, 9.17) is 19.3 Å². The van der Waals surface area contributed by atoms with E-state index < -0.39 is 6.09 Å². The third-order valence-electron chi connectivity index (χ3n) is 6.31. The molecular weight excluding hydrogens is 524 g/mol. The fourth-order valence-electron chi connectivity index (χ4n) is 4.20. The number of amides is 2. The van der Waals surface area contributed by atoms with Gasteiger partial charge in [0.05, 0.1) is 31.7 Å². The Morgan fingerprint density at radius 2 is 1.82 bits per heavy atom. The van der Waals surface area contributed by atoms with Crippen LogP contribution in [0.3, 0.4) is 0 Å². The van der Waals surface area contributed by atoms with Gasteiger partial charge in [0.1, 0.15) is 6.61 Å². The van der Waals surface area contributed by atoms with Crippen LogP contribution in [0.2, 0.25) is 0 Å². The minimum Gasteiger partial charge on any atom is -0.493 e.